The van der Waals surface area contributed by atoms with Gasteiger partial charge in [-0.15, -0.1) is 11.8 Å². The fourth-order valence-corrected chi connectivity index (χ4v) is 2.93. The zero-order valence-corrected chi connectivity index (χ0v) is 11.6. The average Bonchev–Trinajstić information content (AvgIpc) is 3.08. The van der Waals surface area contributed by atoms with E-state index in [0.29, 0.717) is 23.9 Å². The molecular formula is C14H13N3O2S. The highest BCUT2D eigenvalue weighted by atomic mass is 32.2. The van der Waals surface area contributed by atoms with E-state index in [2.05, 4.69) is 6.19 Å². The van der Waals surface area contributed by atoms with Crippen LogP contribution in [0.5, 0.6) is 5.75 Å². The van der Waals surface area contributed by atoms with Gasteiger partial charge in [0, 0.05) is 24.1 Å². The molecule has 1 amide bonds. The van der Waals surface area contributed by atoms with E-state index in [1.807, 2.05) is 29.7 Å². The molecule has 0 bridgehead atoms. The molecule has 0 atom stereocenters. The largest absolute Gasteiger partial charge is 0.440 e. The summed E-state index contributed by atoms with van der Waals surface area (Å²) in [5.41, 5.74) is 0.895. The molecule has 2 aliphatic rings. The van der Waals surface area contributed by atoms with E-state index in [4.69, 9.17) is 10.00 Å². The summed E-state index contributed by atoms with van der Waals surface area (Å²) in [4.78, 5) is 14.9. The Morgan fingerprint density at radius 1 is 1.30 bits per heavy atom. The maximum absolute atomic E-state index is 11.7. The monoisotopic (exact) mass is 287 g/mol. The summed E-state index contributed by atoms with van der Waals surface area (Å²) in [6.07, 6.45) is 3.60. The normalized spacial score (nSPS) is 18.1. The van der Waals surface area contributed by atoms with Gasteiger partial charge in [-0.3, -0.25) is 4.79 Å². The lowest BCUT2D eigenvalue weighted by molar-refractivity contribution is -0.117. The van der Waals surface area contributed by atoms with Crippen LogP contribution < -0.4 is 9.64 Å². The highest BCUT2D eigenvalue weighted by Gasteiger charge is 2.22. The van der Waals surface area contributed by atoms with Crippen molar-refractivity contribution in [3.63, 3.8) is 0 Å². The van der Waals surface area contributed by atoms with Crippen LogP contribution in [0.1, 0.15) is 12.8 Å². The molecule has 20 heavy (non-hydrogen) atoms. The first-order valence-corrected chi connectivity index (χ1v) is 7.40. The van der Waals surface area contributed by atoms with Crippen molar-refractivity contribution in [3.05, 3.63) is 35.6 Å². The van der Waals surface area contributed by atoms with Gasteiger partial charge in [-0.1, -0.05) is 0 Å². The van der Waals surface area contributed by atoms with Crippen molar-refractivity contribution in [1.82, 2.24) is 4.90 Å². The molecule has 1 saturated heterocycles. The van der Waals surface area contributed by atoms with Gasteiger partial charge in [-0.05, 0) is 30.7 Å². The Bertz CT molecular complexity index is 591. The molecule has 0 N–H and O–H groups in total. The smallest absolute Gasteiger partial charge is 0.227 e. The van der Waals surface area contributed by atoms with Crippen molar-refractivity contribution in [3.8, 4) is 11.9 Å². The van der Waals surface area contributed by atoms with Crippen LogP contribution in [0.25, 0.3) is 0 Å². The lowest BCUT2D eigenvalue weighted by atomic mass is 10.3. The summed E-state index contributed by atoms with van der Waals surface area (Å²) in [5.74, 6) is 1.97. The van der Waals surface area contributed by atoms with E-state index in [1.165, 1.54) is 16.7 Å². The van der Waals surface area contributed by atoms with Crippen molar-refractivity contribution in [2.45, 2.75) is 12.8 Å². The van der Waals surface area contributed by atoms with Crippen LogP contribution >= 0.6 is 11.8 Å². The maximum Gasteiger partial charge on any atom is 0.227 e. The van der Waals surface area contributed by atoms with E-state index >= 15 is 0 Å². The molecule has 0 radical (unpaired) electrons. The Kier molecular flexibility index (Phi) is 3.52. The van der Waals surface area contributed by atoms with E-state index in [-0.39, 0.29) is 5.91 Å². The zero-order chi connectivity index (χ0) is 13.9. The highest BCUT2D eigenvalue weighted by molar-refractivity contribution is 8.02. The molecule has 1 aromatic rings. The summed E-state index contributed by atoms with van der Waals surface area (Å²) in [6.45, 7) is 0.781. The molecular weight excluding hydrogens is 274 g/mol. The lowest BCUT2D eigenvalue weighted by Crippen LogP contribution is -2.23. The number of hydrogen-bond donors (Lipinski definition) is 0. The Labute approximate surface area is 121 Å². The van der Waals surface area contributed by atoms with E-state index in [1.54, 1.807) is 4.90 Å². The van der Waals surface area contributed by atoms with Gasteiger partial charge < -0.3 is 9.64 Å². The minimum absolute atomic E-state index is 0.171. The van der Waals surface area contributed by atoms with Gasteiger partial charge in [0.2, 0.25) is 11.8 Å². The standard InChI is InChI=1S/C14H13N3O2S/c15-9-16-10-20-8-14(16)19-12-5-3-11(4-6-12)17-7-1-2-13(17)18/h3-6,8H,1-2,7,10H2. The molecule has 0 aliphatic carbocycles. The number of carbonyl (C=O) groups excluding carboxylic acids is 1. The number of thioether (sulfide) groups is 1. The van der Waals surface area contributed by atoms with Crippen molar-refractivity contribution in [2.24, 2.45) is 0 Å². The topological polar surface area (TPSA) is 56.6 Å². The number of nitrogens with zero attached hydrogens (tertiary/aromatic N) is 3. The molecule has 3 rings (SSSR count). The minimum Gasteiger partial charge on any atom is -0.440 e. The number of carbonyl (C=O) groups is 1. The maximum atomic E-state index is 11.7. The Morgan fingerprint density at radius 3 is 2.75 bits per heavy atom. The van der Waals surface area contributed by atoms with Crippen LogP contribution in [0.4, 0.5) is 5.69 Å². The molecule has 5 nitrogen and oxygen atoms in total. The van der Waals surface area contributed by atoms with E-state index in [0.717, 1.165) is 18.7 Å². The summed E-state index contributed by atoms with van der Waals surface area (Å²) < 4.78 is 5.66. The van der Waals surface area contributed by atoms with Gasteiger partial charge in [-0.2, -0.15) is 5.26 Å². The number of nitriles is 1. The fraction of sp³-hybridized carbons (Fsp3) is 0.286. The summed E-state index contributed by atoms with van der Waals surface area (Å²) in [6, 6.07) is 7.39. The molecule has 2 heterocycles. The average molecular weight is 287 g/mol. The van der Waals surface area contributed by atoms with Crippen molar-refractivity contribution in [1.29, 1.82) is 5.26 Å². The summed E-state index contributed by atoms with van der Waals surface area (Å²) >= 11 is 1.52. The molecule has 1 aromatic carbocycles. The third-order valence-corrected chi connectivity index (χ3v) is 3.99. The third kappa shape index (κ3) is 2.45. The second kappa shape index (κ2) is 5.47. The van der Waals surface area contributed by atoms with Crippen LogP contribution in [0, 0.1) is 11.5 Å². The van der Waals surface area contributed by atoms with Crippen LogP contribution in [0.3, 0.4) is 0 Å². The molecule has 2 aliphatic heterocycles. The molecule has 0 unspecified atom stereocenters. The Balaban J connectivity index is 1.71. The van der Waals surface area contributed by atoms with Gasteiger partial charge in [-0.25, -0.2) is 4.90 Å². The first kappa shape index (κ1) is 12.9. The first-order chi connectivity index (χ1) is 9.78. The first-order valence-electron chi connectivity index (χ1n) is 6.35. The summed E-state index contributed by atoms with van der Waals surface area (Å²) in [7, 11) is 0. The van der Waals surface area contributed by atoms with Crippen LogP contribution in [0.2, 0.25) is 0 Å². The number of anilines is 1. The molecule has 1 fully saturated rings. The Morgan fingerprint density at radius 2 is 2.10 bits per heavy atom. The number of benzene rings is 1. The van der Waals surface area contributed by atoms with Crippen molar-refractivity contribution in [2.75, 3.05) is 17.3 Å². The van der Waals surface area contributed by atoms with E-state index in [9.17, 15) is 4.79 Å². The molecule has 102 valence electrons. The van der Waals surface area contributed by atoms with E-state index < -0.39 is 0 Å². The molecule has 0 spiro atoms. The molecule has 0 saturated carbocycles. The van der Waals surface area contributed by atoms with Gasteiger partial charge in [0.25, 0.3) is 0 Å². The second-order valence-corrected chi connectivity index (χ2v) is 5.35. The SMILES string of the molecule is N#CN1CSC=C1Oc1ccc(N2CCCC2=O)cc1. The number of rotatable bonds is 3. The number of ether oxygens (including phenoxy) is 1. The van der Waals surface area contributed by atoms with Crippen LogP contribution in [-0.2, 0) is 4.79 Å². The van der Waals surface area contributed by atoms with Crippen molar-refractivity contribution < 1.29 is 9.53 Å². The molecule has 6 heteroatoms. The van der Waals surface area contributed by atoms with Gasteiger partial charge in [0.1, 0.15) is 5.75 Å². The van der Waals surface area contributed by atoms with Gasteiger partial charge in [0.05, 0.1) is 5.88 Å². The predicted molar refractivity (Wildman–Crippen MR) is 76.7 cm³/mol. The molecule has 0 aromatic heterocycles. The lowest BCUT2D eigenvalue weighted by Gasteiger charge is -2.17. The number of hydrogen-bond acceptors (Lipinski definition) is 5. The third-order valence-electron chi connectivity index (χ3n) is 3.22. The zero-order valence-electron chi connectivity index (χ0n) is 10.8. The fourth-order valence-electron chi connectivity index (χ4n) is 2.20. The highest BCUT2D eigenvalue weighted by Crippen LogP contribution is 2.28. The van der Waals surface area contributed by atoms with Gasteiger partial charge in [0.15, 0.2) is 6.19 Å². The Hall–Kier alpha value is -2.13. The van der Waals surface area contributed by atoms with Crippen LogP contribution in [-0.4, -0.2) is 23.2 Å². The summed E-state index contributed by atoms with van der Waals surface area (Å²) in [5, 5.41) is 10.7. The minimum atomic E-state index is 0.171. The predicted octanol–water partition coefficient (Wildman–Crippen LogP) is 2.48. The number of amides is 1. The van der Waals surface area contributed by atoms with Crippen LogP contribution in [0.15, 0.2) is 35.6 Å². The van der Waals surface area contributed by atoms with Gasteiger partial charge >= 0.3 is 0 Å². The van der Waals surface area contributed by atoms with Crippen molar-refractivity contribution >= 4 is 23.4 Å². The quantitative estimate of drug-likeness (QED) is 0.799. The second-order valence-electron chi connectivity index (χ2n) is 4.52.